The van der Waals surface area contributed by atoms with Crippen LogP contribution in [0.5, 0.6) is 0 Å². The second-order valence-corrected chi connectivity index (χ2v) is 3.02. The Morgan fingerprint density at radius 1 is 1.38 bits per heavy atom. The van der Waals surface area contributed by atoms with Crippen molar-refractivity contribution >= 4 is 0 Å². The molecule has 0 atom stereocenters. The maximum atomic E-state index is 8.51. The summed E-state index contributed by atoms with van der Waals surface area (Å²) in [7, 11) is 0. The van der Waals surface area contributed by atoms with E-state index in [1.54, 1.807) is 0 Å². The van der Waals surface area contributed by atoms with Gasteiger partial charge in [0, 0.05) is 5.57 Å². The molecule has 0 aromatic heterocycles. The van der Waals surface area contributed by atoms with Crippen molar-refractivity contribution in [2.45, 2.75) is 19.8 Å². The van der Waals surface area contributed by atoms with Gasteiger partial charge in [-0.15, -0.1) is 0 Å². The fourth-order valence-electron chi connectivity index (χ4n) is 1.15. The monoisotopic (exact) mass is 171 g/mol. The van der Waals surface area contributed by atoms with Gasteiger partial charge in [0.1, 0.15) is 0 Å². The maximum Gasteiger partial charge on any atom is 0.0940 e. The van der Waals surface area contributed by atoms with E-state index in [0.29, 0.717) is 0 Å². The molecule has 0 radical (unpaired) electrons. The summed E-state index contributed by atoms with van der Waals surface area (Å²) in [5.41, 5.74) is 2.13. The first-order valence-electron chi connectivity index (χ1n) is 4.43. The van der Waals surface area contributed by atoms with Crippen LogP contribution >= 0.6 is 0 Å². The highest BCUT2D eigenvalue weighted by atomic mass is 14.2. The Morgan fingerprint density at radius 2 is 2.08 bits per heavy atom. The molecule has 1 aromatic rings. The number of aryl methyl sites for hydroxylation is 1. The molecule has 1 nitrogen and oxygen atoms in total. The van der Waals surface area contributed by atoms with Crippen LogP contribution in [0, 0.1) is 11.3 Å². The summed E-state index contributed by atoms with van der Waals surface area (Å²) in [6.07, 6.45) is 3.94. The van der Waals surface area contributed by atoms with Crippen LogP contribution < -0.4 is 0 Å². The van der Waals surface area contributed by atoms with Gasteiger partial charge in [-0.3, -0.25) is 0 Å². The number of hydrogen-bond donors (Lipinski definition) is 0. The van der Waals surface area contributed by atoms with Crippen molar-refractivity contribution in [3.63, 3.8) is 0 Å². The third-order valence-corrected chi connectivity index (χ3v) is 1.90. The van der Waals surface area contributed by atoms with Crippen molar-refractivity contribution < 1.29 is 0 Å². The highest BCUT2D eigenvalue weighted by molar-refractivity contribution is 5.19. The Bertz CT molecular complexity index is 317. The van der Waals surface area contributed by atoms with Gasteiger partial charge >= 0.3 is 0 Å². The third-order valence-electron chi connectivity index (χ3n) is 1.90. The minimum absolute atomic E-state index is 0.802. The Hall–Kier alpha value is -1.55. The zero-order valence-corrected chi connectivity index (χ0v) is 7.83. The van der Waals surface area contributed by atoms with Gasteiger partial charge in [0.15, 0.2) is 0 Å². The lowest BCUT2D eigenvalue weighted by molar-refractivity contribution is 0.994. The Balaban J connectivity index is 2.41. The van der Waals surface area contributed by atoms with Gasteiger partial charge < -0.3 is 0 Å². The van der Waals surface area contributed by atoms with E-state index in [1.165, 1.54) is 5.56 Å². The van der Waals surface area contributed by atoms with Crippen LogP contribution in [0.25, 0.3) is 0 Å². The van der Waals surface area contributed by atoms with Crippen molar-refractivity contribution in [3.05, 3.63) is 47.5 Å². The molecule has 0 N–H and O–H groups in total. The molecule has 0 heterocycles. The lowest BCUT2D eigenvalue weighted by Gasteiger charge is -1.96. The summed E-state index contributed by atoms with van der Waals surface area (Å²) >= 11 is 0. The van der Waals surface area contributed by atoms with E-state index in [-0.39, 0.29) is 0 Å². The average molecular weight is 171 g/mol. The number of nitriles is 1. The molecule has 1 aromatic carbocycles. The summed E-state index contributed by atoms with van der Waals surface area (Å²) in [5, 5.41) is 8.51. The van der Waals surface area contributed by atoms with E-state index in [9.17, 15) is 0 Å². The highest BCUT2D eigenvalue weighted by Gasteiger charge is 1.89. The van der Waals surface area contributed by atoms with Crippen molar-refractivity contribution in [2.75, 3.05) is 0 Å². The van der Waals surface area contributed by atoms with Gasteiger partial charge in [0.2, 0.25) is 0 Å². The predicted octanol–water partition coefficient (Wildman–Crippen LogP) is 3.09. The Labute approximate surface area is 79.3 Å². The summed E-state index contributed by atoms with van der Waals surface area (Å²) in [6.45, 7) is 1.84. The summed E-state index contributed by atoms with van der Waals surface area (Å²) in [5.74, 6) is 0. The SMILES string of the molecule is CC(C#N)=CCCc1ccccc1. The fourth-order valence-corrected chi connectivity index (χ4v) is 1.15. The molecular weight excluding hydrogens is 158 g/mol. The number of nitrogens with zero attached hydrogens (tertiary/aromatic N) is 1. The molecule has 66 valence electrons. The van der Waals surface area contributed by atoms with Crippen molar-refractivity contribution in [1.82, 2.24) is 0 Å². The first kappa shape index (κ1) is 9.54. The molecule has 0 fully saturated rings. The molecule has 0 saturated heterocycles. The lowest BCUT2D eigenvalue weighted by atomic mass is 10.1. The zero-order valence-electron chi connectivity index (χ0n) is 7.83. The molecule has 0 aliphatic carbocycles. The molecule has 0 amide bonds. The smallest absolute Gasteiger partial charge is 0.0940 e. The summed E-state index contributed by atoms with van der Waals surface area (Å²) in [4.78, 5) is 0. The average Bonchev–Trinajstić information content (AvgIpc) is 2.19. The maximum absolute atomic E-state index is 8.51. The van der Waals surface area contributed by atoms with Gasteiger partial charge in [0.05, 0.1) is 6.07 Å². The van der Waals surface area contributed by atoms with E-state index < -0.39 is 0 Å². The third kappa shape index (κ3) is 3.57. The van der Waals surface area contributed by atoms with Gasteiger partial charge in [-0.2, -0.15) is 5.26 Å². The number of allylic oxidation sites excluding steroid dienone is 2. The Morgan fingerprint density at radius 3 is 2.69 bits per heavy atom. The first-order valence-corrected chi connectivity index (χ1v) is 4.43. The number of hydrogen-bond acceptors (Lipinski definition) is 1. The van der Waals surface area contributed by atoms with Crippen LogP contribution in [0.15, 0.2) is 42.0 Å². The van der Waals surface area contributed by atoms with Crippen LogP contribution in [-0.4, -0.2) is 0 Å². The summed E-state index contributed by atoms with van der Waals surface area (Å²) < 4.78 is 0. The van der Waals surface area contributed by atoms with Crippen LogP contribution in [0.2, 0.25) is 0 Å². The van der Waals surface area contributed by atoms with Gasteiger partial charge in [-0.05, 0) is 25.3 Å². The molecule has 0 spiro atoms. The van der Waals surface area contributed by atoms with Crippen LogP contribution in [0.4, 0.5) is 0 Å². The largest absolute Gasteiger partial charge is 0.193 e. The van der Waals surface area contributed by atoms with E-state index in [1.807, 2.05) is 31.2 Å². The van der Waals surface area contributed by atoms with E-state index in [4.69, 9.17) is 5.26 Å². The number of benzene rings is 1. The van der Waals surface area contributed by atoms with Crippen LogP contribution in [0.3, 0.4) is 0 Å². The van der Waals surface area contributed by atoms with E-state index >= 15 is 0 Å². The second kappa shape index (κ2) is 5.16. The molecule has 0 aliphatic rings. The standard InChI is InChI=1S/C12H13N/c1-11(10-13)6-5-9-12-7-3-2-4-8-12/h2-4,6-8H,5,9H2,1H3. The zero-order chi connectivity index (χ0) is 9.52. The molecule has 0 bridgehead atoms. The molecule has 0 saturated carbocycles. The molecular formula is C12H13N. The van der Waals surface area contributed by atoms with E-state index in [2.05, 4.69) is 18.2 Å². The second-order valence-electron chi connectivity index (χ2n) is 3.02. The first-order chi connectivity index (χ1) is 6.33. The van der Waals surface area contributed by atoms with Crippen molar-refractivity contribution in [3.8, 4) is 6.07 Å². The topological polar surface area (TPSA) is 23.8 Å². The fraction of sp³-hybridized carbons (Fsp3) is 0.250. The van der Waals surface area contributed by atoms with Crippen LogP contribution in [-0.2, 0) is 6.42 Å². The Kier molecular flexibility index (Phi) is 3.78. The number of rotatable bonds is 3. The predicted molar refractivity (Wildman–Crippen MR) is 54.1 cm³/mol. The van der Waals surface area contributed by atoms with E-state index in [0.717, 1.165) is 18.4 Å². The lowest BCUT2D eigenvalue weighted by Crippen LogP contribution is -1.82. The summed E-state index contributed by atoms with van der Waals surface area (Å²) in [6, 6.07) is 12.4. The van der Waals surface area contributed by atoms with Gasteiger partial charge in [-0.1, -0.05) is 36.4 Å². The normalized spacial score (nSPS) is 10.9. The molecule has 1 rings (SSSR count). The van der Waals surface area contributed by atoms with Gasteiger partial charge in [0.25, 0.3) is 0 Å². The van der Waals surface area contributed by atoms with Crippen LogP contribution in [0.1, 0.15) is 18.9 Å². The molecule has 0 aliphatic heterocycles. The molecule has 13 heavy (non-hydrogen) atoms. The highest BCUT2D eigenvalue weighted by Crippen LogP contribution is 2.04. The van der Waals surface area contributed by atoms with Crippen molar-refractivity contribution in [2.24, 2.45) is 0 Å². The minimum atomic E-state index is 0.802. The quantitative estimate of drug-likeness (QED) is 0.641. The van der Waals surface area contributed by atoms with Crippen molar-refractivity contribution in [1.29, 1.82) is 5.26 Å². The van der Waals surface area contributed by atoms with Gasteiger partial charge in [-0.25, -0.2) is 0 Å². The minimum Gasteiger partial charge on any atom is -0.193 e. The molecule has 0 unspecified atom stereocenters. The molecule has 1 heteroatoms.